The van der Waals surface area contributed by atoms with Crippen molar-refractivity contribution in [3.05, 3.63) is 29.8 Å². The molecule has 2 aromatic heterocycles. The molecule has 0 aliphatic rings. The highest BCUT2D eigenvalue weighted by Crippen LogP contribution is 2.14. The van der Waals surface area contributed by atoms with Crippen LogP contribution in [0.4, 0.5) is 5.69 Å². The second-order valence-electron chi connectivity index (χ2n) is 6.16. The van der Waals surface area contributed by atoms with Crippen LogP contribution >= 0.6 is 0 Å². The third kappa shape index (κ3) is 3.77. The van der Waals surface area contributed by atoms with Gasteiger partial charge in [-0.15, -0.1) is 5.10 Å². The summed E-state index contributed by atoms with van der Waals surface area (Å²) in [5, 5.41) is 10.7. The van der Waals surface area contributed by atoms with Gasteiger partial charge in [0.15, 0.2) is 5.69 Å². The molecule has 0 radical (unpaired) electrons. The van der Waals surface area contributed by atoms with E-state index in [0.717, 1.165) is 5.69 Å². The molecule has 0 aliphatic heterocycles. The summed E-state index contributed by atoms with van der Waals surface area (Å²) in [5.74, 6) is -0.245. The summed E-state index contributed by atoms with van der Waals surface area (Å²) in [4.78, 5) is 16.2. The minimum Gasteiger partial charge on any atom is -0.397 e. The fourth-order valence-electron chi connectivity index (χ4n) is 1.69. The number of pyridine rings is 1. The van der Waals surface area contributed by atoms with Crippen molar-refractivity contribution in [1.29, 1.82) is 0 Å². The van der Waals surface area contributed by atoms with Crippen LogP contribution in [-0.4, -0.2) is 32.4 Å². The quantitative estimate of drug-likeness (QED) is 0.887. The molecule has 2 aromatic rings. The van der Waals surface area contributed by atoms with Gasteiger partial charge >= 0.3 is 0 Å². The Kier molecular flexibility index (Phi) is 3.93. The summed E-state index contributed by atoms with van der Waals surface area (Å²) < 4.78 is 1.50. The fourth-order valence-corrected chi connectivity index (χ4v) is 1.69. The van der Waals surface area contributed by atoms with E-state index in [1.165, 1.54) is 4.68 Å². The molecule has 2 heterocycles. The Morgan fingerprint density at radius 2 is 2.14 bits per heavy atom. The molecule has 0 saturated carbocycles. The molecule has 0 bridgehead atoms. The molecule has 0 unspecified atom stereocenters. The first-order chi connectivity index (χ1) is 9.76. The van der Waals surface area contributed by atoms with Crippen molar-refractivity contribution in [3.8, 4) is 5.69 Å². The average Bonchev–Trinajstić information content (AvgIpc) is 2.87. The lowest BCUT2D eigenvalue weighted by Gasteiger charge is -2.17. The first-order valence-electron chi connectivity index (χ1n) is 6.69. The van der Waals surface area contributed by atoms with Crippen molar-refractivity contribution in [2.45, 2.75) is 27.7 Å². The molecule has 3 N–H and O–H groups in total. The van der Waals surface area contributed by atoms with Crippen molar-refractivity contribution in [3.63, 3.8) is 0 Å². The first kappa shape index (κ1) is 15.0. The van der Waals surface area contributed by atoms with Gasteiger partial charge in [-0.25, -0.2) is 4.68 Å². The predicted octanol–water partition coefficient (Wildman–Crippen LogP) is 1.33. The summed E-state index contributed by atoms with van der Waals surface area (Å²) >= 11 is 0. The highest BCUT2D eigenvalue weighted by Gasteiger charge is 2.16. The Bertz CT molecular complexity index is 656. The lowest BCUT2D eigenvalue weighted by atomic mass is 9.97. The largest absolute Gasteiger partial charge is 0.397 e. The van der Waals surface area contributed by atoms with Crippen LogP contribution in [0.15, 0.2) is 18.5 Å². The molecule has 7 nitrogen and oxygen atoms in total. The zero-order valence-corrected chi connectivity index (χ0v) is 12.7. The lowest BCUT2D eigenvalue weighted by Crippen LogP contribution is -2.32. The highest BCUT2D eigenvalue weighted by molar-refractivity contribution is 5.91. The van der Waals surface area contributed by atoms with E-state index in [1.54, 1.807) is 18.5 Å². The number of anilines is 1. The van der Waals surface area contributed by atoms with Gasteiger partial charge in [-0.3, -0.25) is 9.78 Å². The molecule has 112 valence electrons. The van der Waals surface area contributed by atoms with E-state index in [0.29, 0.717) is 17.9 Å². The van der Waals surface area contributed by atoms with Crippen LogP contribution in [-0.2, 0) is 0 Å². The zero-order valence-electron chi connectivity index (χ0n) is 12.7. The number of nitrogens with two attached hydrogens (primary N) is 1. The summed E-state index contributed by atoms with van der Waals surface area (Å²) in [6, 6.07) is 1.74. The van der Waals surface area contributed by atoms with E-state index < -0.39 is 0 Å². The van der Waals surface area contributed by atoms with Crippen LogP contribution < -0.4 is 11.1 Å². The molecule has 0 atom stereocenters. The maximum Gasteiger partial charge on any atom is 0.273 e. The summed E-state index contributed by atoms with van der Waals surface area (Å²) in [6.07, 6.45) is 3.15. The summed E-state index contributed by atoms with van der Waals surface area (Å²) in [5.41, 5.74) is 8.00. The van der Waals surface area contributed by atoms with Gasteiger partial charge in [-0.2, -0.15) is 0 Å². The number of aromatic nitrogens is 4. The lowest BCUT2D eigenvalue weighted by molar-refractivity contribution is 0.0934. The van der Waals surface area contributed by atoms with Gasteiger partial charge in [0.05, 0.1) is 29.5 Å². The number of hydrogen-bond donors (Lipinski definition) is 2. The van der Waals surface area contributed by atoms with Crippen LogP contribution in [0.5, 0.6) is 0 Å². The molecule has 0 aromatic carbocycles. The summed E-state index contributed by atoms with van der Waals surface area (Å²) in [7, 11) is 0. The van der Waals surface area contributed by atoms with Gasteiger partial charge < -0.3 is 11.1 Å². The Morgan fingerprint density at radius 3 is 2.81 bits per heavy atom. The SMILES string of the molecule is Cc1ncc(N)cc1-n1cc(C(=O)NCC(C)(C)C)nn1. The first-order valence-corrected chi connectivity index (χ1v) is 6.69. The van der Waals surface area contributed by atoms with Crippen LogP contribution in [0, 0.1) is 12.3 Å². The third-order valence-corrected chi connectivity index (χ3v) is 2.83. The molecular weight excluding hydrogens is 268 g/mol. The van der Waals surface area contributed by atoms with Crippen molar-refractivity contribution in [1.82, 2.24) is 25.3 Å². The topological polar surface area (TPSA) is 98.7 Å². The standard InChI is InChI=1S/C14H20N6O/c1-9-12(5-10(15)6-16-9)20-7-11(18-19-20)13(21)17-8-14(2,3)4/h5-7H,8,15H2,1-4H3,(H,17,21). The molecular formula is C14H20N6O. The average molecular weight is 288 g/mol. The second kappa shape index (κ2) is 5.51. The predicted molar refractivity (Wildman–Crippen MR) is 80.1 cm³/mol. The molecule has 0 spiro atoms. The number of nitrogens with zero attached hydrogens (tertiary/aromatic N) is 4. The zero-order chi connectivity index (χ0) is 15.6. The minimum absolute atomic E-state index is 0.0139. The normalized spacial score (nSPS) is 11.4. The van der Waals surface area contributed by atoms with Gasteiger partial charge in [0.2, 0.25) is 0 Å². The highest BCUT2D eigenvalue weighted by atomic mass is 16.2. The van der Waals surface area contributed by atoms with Crippen LogP contribution in [0.3, 0.4) is 0 Å². The summed E-state index contributed by atoms with van der Waals surface area (Å²) in [6.45, 7) is 8.55. The van der Waals surface area contributed by atoms with Gasteiger partial charge in [0.25, 0.3) is 5.91 Å². The van der Waals surface area contributed by atoms with Crippen molar-refractivity contribution >= 4 is 11.6 Å². The maximum absolute atomic E-state index is 12.0. The van der Waals surface area contributed by atoms with Gasteiger partial charge in [0.1, 0.15) is 0 Å². The maximum atomic E-state index is 12.0. The molecule has 0 aliphatic carbocycles. The van der Waals surface area contributed by atoms with Crippen LogP contribution in [0.1, 0.15) is 37.0 Å². The Labute approximate surface area is 123 Å². The van der Waals surface area contributed by atoms with E-state index in [4.69, 9.17) is 5.73 Å². The van der Waals surface area contributed by atoms with E-state index in [2.05, 4.69) is 20.6 Å². The second-order valence-corrected chi connectivity index (χ2v) is 6.16. The Morgan fingerprint density at radius 1 is 1.43 bits per heavy atom. The Hall–Kier alpha value is -2.44. The van der Waals surface area contributed by atoms with Crippen molar-refractivity contribution in [2.24, 2.45) is 5.41 Å². The van der Waals surface area contributed by atoms with Gasteiger partial charge in [-0.1, -0.05) is 26.0 Å². The van der Waals surface area contributed by atoms with Crippen molar-refractivity contribution in [2.75, 3.05) is 12.3 Å². The third-order valence-electron chi connectivity index (χ3n) is 2.83. The van der Waals surface area contributed by atoms with E-state index >= 15 is 0 Å². The van der Waals surface area contributed by atoms with Gasteiger partial charge in [0, 0.05) is 6.54 Å². The minimum atomic E-state index is -0.245. The van der Waals surface area contributed by atoms with Crippen molar-refractivity contribution < 1.29 is 4.79 Å². The number of hydrogen-bond acceptors (Lipinski definition) is 5. The molecule has 7 heteroatoms. The Balaban J connectivity index is 2.18. The number of nitrogens with one attached hydrogen (secondary N) is 1. The van der Waals surface area contributed by atoms with E-state index in [1.807, 2.05) is 27.7 Å². The van der Waals surface area contributed by atoms with E-state index in [-0.39, 0.29) is 17.0 Å². The number of nitrogen functional groups attached to an aromatic ring is 1. The smallest absolute Gasteiger partial charge is 0.273 e. The van der Waals surface area contributed by atoms with Crippen LogP contribution in [0.25, 0.3) is 5.69 Å². The molecule has 2 rings (SSSR count). The number of carbonyl (C=O) groups is 1. The number of rotatable bonds is 3. The molecule has 0 fully saturated rings. The molecule has 0 saturated heterocycles. The van der Waals surface area contributed by atoms with Crippen LogP contribution in [0.2, 0.25) is 0 Å². The molecule has 21 heavy (non-hydrogen) atoms. The fraction of sp³-hybridized carbons (Fsp3) is 0.429. The number of amides is 1. The van der Waals surface area contributed by atoms with Gasteiger partial charge in [-0.05, 0) is 18.4 Å². The number of carbonyl (C=O) groups excluding carboxylic acids is 1. The molecule has 1 amide bonds. The van der Waals surface area contributed by atoms with E-state index in [9.17, 15) is 4.79 Å². The number of aryl methyl sites for hydroxylation is 1. The monoisotopic (exact) mass is 288 g/mol.